The zero-order chi connectivity index (χ0) is 16.2. The van der Waals surface area contributed by atoms with Gasteiger partial charge in [0.05, 0.1) is 12.0 Å². The lowest BCUT2D eigenvalue weighted by Gasteiger charge is -2.23. The number of rotatable bonds is 6. The van der Waals surface area contributed by atoms with Crippen molar-refractivity contribution in [3.63, 3.8) is 0 Å². The lowest BCUT2D eigenvalue weighted by atomic mass is 10.1. The second-order valence-electron chi connectivity index (χ2n) is 7.02. The lowest BCUT2D eigenvalue weighted by Crippen LogP contribution is -2.28. The van der Waals surface area contributed by atoms with Gasteiger partial charge in [0.25, 0.3) is 0 Å². The van der Waals surface area contributed by atoms with Crippen molar-refractivity contribution in [1.82, 2.24) is 14.5 Å². The predicted octanol–water partition coefficient (Wildman–Crippen LogP) is 3.42. The Labute approximate surface area is 139 Å². The maximum Gasteiger partial charge on any atom is 0.0951 e. The van der Waals surface area contributed by atoms with E-state index in [0.717, 1.165) is 25.6 Å². The van der Waals surface area contributed by atoms with Crippen LogP contribution in [0.5, 0.6) is 0 Å². The average molecular weight is 312 g/mol. The number of para-hydroxylation sites is 1. The van der Waals surface area contributed by atoms with Crippen LogP contribution in [0.4, 0.5) is 5.69 Å². The summed E-state index contributed by atoms with van der Waals surface area (Å²) in [6.07, 6.45) is 5.23. The Morgan fingerprint density at radius 1 is 1.26 bits per heavy atom. The highest BCUT2D eigenvalue weighted by Crippen LogP contribution is 2.24. The van der Waals surface area contributed by atoms with Crippen LogP contribution >= 0.6 is 0 Å². The molecule has 3 rings (SSSR count). The first-order valence-corrected chi connectivity index (χ1v) is 8.62. The quantitative estimate of drug-likeness (QED) is 0.817. The molecule has 1 aromatic carbocycles. The predicted molar refractivity (Wildman–Crippen MR) is 95.7 cm³/mol. The second kappa shape index (κ2) is 7.18. The van der Waals surface area contributed by atoms with Gasteiger partial charge in [0.15, 0.2) is 0 Å². The molecule has 124 valence electrons. The first kappa shape index (κ1) is 16.1. The van der Waals surface area contributed by atoms with Crippen LogP contribution in [0.25, 0.3) is 0 Å². The maximum atomic E-state index is 4.31. The van der Waals surface area contributed by atoms with Gasteiger partial charge in [-0.3, -0.25) is 0 Å². The number of aromatic nitrogens is 2. The highest BCUT2D eigenvalue weighted by molar-refractivity contribution is 5.46. The molecule has 1 aromatic heterocycles. The van der Waals surface area contributed by atoms with Crippen LogP contribution in [0.1, 0.15) is 32.0 Å². The molecule has 1 saturated heterocycles. The summed E-state index contributed by atoms with van der Waals surface area (Å²) < 4.78 is 2.27. The summed E-state index contributed by atoms with van der Waals surface area (Å²) >= 11 is 0. The molecule has 0 aliphatic carbocycles. The number of imidazole rings is 1. The molecule has 1 aliphatic heterocycles. The SMILES string of the molecule is CC(C)n1cncc1CN(C)C[C@@H]1CCN(c2ccccc2)C1. The third-order valence-corrected chi connectivity index (χ3v) is 4.71. The third-order valence-electron chi connectivity index (χ3n) is 4.71. The fourth-order valence-corrected chi connectivity index (χ4v) is 3.56. The summed E-state index contributed by atoms with van der Waals surface area (Å²) in [6.45, 7) is 8.87. The molecule has 4 heteroatoms. The van der Waals surface area contributed by atoms with Crippen LogP contribution < -0.4 is 4.90 Å². The number of nitrogens with zero attached hydrogens (tertiary/aromatic N) is 4. The summed E-state index contributed by atoms with van der Waals surface area (Å²) in [5.74, 6) is 0.746. The van der Waals surface area contributed by atoms with Crippen molar-refractivity contribution in [2.75, 3.05) is 31.6 Å². The van der Waals surface area contributed by atoms with Crippen molar-refractivity contribution in [1.29, 1.82) is 0 Å². The van der Waals surface area contributed by atoms with Gasteiger partial charge in [-0.15, -0.1) is 0 Å². The van der Waals surface area contributed by atoms with Crippen molar-refractivity contribution in [2.45, 2.75) is 32.9 Å². The normalized spacial score (nSPS) is 18.3. The van der Waals surface area contributed by atoms with Gasteiger partial charge in [-0.1, -0.05) is 18.2 Å². The van der Waals surface area contributed by atoms with E-state index in [1.54, 1.807) is 0 Å². The van der Waals surface area contributed by atoms with Gasteiger partial charge < -0.3 is 14.4 Å². The van der Waals surface area contributed by atoms with E-state index in [1.165, 1.54) is 24.3 Å². The van der Waals surface area contributed by atoms with Crippen molar-refractivity contribution >= 4 is 5.69 Å². The van der Waals surface area contributed by atoms with Crippen molar-refractivity contribution < 1.29 is 0 Å². The van der Waals surface area contributed by atoms with E-state index in [0.29, 0.717) is 6.04 Å². The minimum Gasteiger partial charge on any atom is -0.371 e. The molecule has 4 nitrogen and oxygen atoms in total. The van der Waals surface area contributed by atoms with Gasteiger partial charge in [0.1, 0.15) is 0 Å². The van der Waals surface area contributed by atoms with E-state index in [9.17, 15) is 0 Å². The van der Waals surface area contributed by atoms with Gasteiger partial charge in [0.2, 0.25) is 0 Å². The summed E-state index contributed by atoms with van der Waals surface area (Å²) in [5, 5.41) is 0. The molecule has 0 amide bonds. The van der Waals surface area contributed by atoms with Crippen molar-refractivity contribution in [3.8, 4) is 0 Å². The Morgan fingerprint density at radius 3 is 2.78 bits per heavy atom. The fourth-order valence-electron chi connectivity index (χ4n) is 3.56. The maximum absolute atomic E-state index is 4.31. The average Bonchev–Trinajstić information content (AvgIpc) is 3.17. The van der Waals surface area contributed by atoms with Gasteiger partial charge in [0, 0.05) is 44.1 Å². The highest BCUT2D eigenvalue weighted by Gasteiger charge is 2.24. The molecule has 2 heterocycles. The topological polar surface area (TPSA) is 24.3 Å². The minimum absolute atomic E-state index is 0.473. The number of hydrogen-bond acceptors (Lipinski definition) is 3. The Hall–Kier alpha value is -1.81. The van der Waals surface area contributed by atoms with Gasteiger partial charge in [-0.05, 0) is 45.4 Å². The van der Waals surface area contributed by atoms with Crippen LogP contribution in [-0.2, 0) is 6.54 Å². The summed E-state index contributed by atoms with van der Waals surface area (Å²) in [5.41, 5.74) is 2.66. The monoisotopic (exact) mass is 312 g/mol. The Balaban J connectivity index is 1.53. The number of hydrogen-bond donors (Lipinski definition) is 0. The Bertz CT molecular complexity index is 605. The zero-order valence-corrected chi connectivity index (χ0v) is 14.5. The van der Waals surface area contributed by atoms with Gasteiger partial charge >= 0.3 is 0 Å². The molecule has 0 radical (unpaired) electrons. The smallest absolute Gasteiger partial charge is 0.0951 e. The molecule has 1 aliphatic rings. The van der Waals surface area contributed by atoms with E-state index in [4.69, 9.17) is 0 Å². The lowest BCUT2D eigenvalue weighted by molar-refractivity contribution is 0.271. The van der Waals surface area contributed by atoms with Crippen LogP contribution in [0.15, 0.2) is 42.9 Å². The van der Waals surface area contributed by atoms with Crippen LogP contribution in [-0.4, -0.2) is 41.1 Å². The van der Waals surface area contributed by atoms with Crippen LogP contribution in [0, 0.1) is 5.92 Å². The van der Waals surface area contributed by atoms with E-state index in [1.807, 2.05) is 12.5 Å². The van der Waals surface area contributed by atoms with Crippen molar-refractivity contribution in [3.05, 3.63) is 48.5 Å². The molecule has 0 spiro atoms. The minimum atomic E-state index is 0.473. The molecule has 0 N–H and O–H groups in total. The van der Waals surface area contributed by atoms with E-state index < -0.39 is 0 Å². The van der Waals surface area contributed by atoms with E-state index >= 15 is 0 Å². The second-order valence-corrected chi connectivity index (χ2v) is 7.02. The summed E-state index contributed by atoms with van der Waals surface area (Å²) in [6, 6.07) is 11.2. The Kier molecular flexibility index (Phi) is 5.01. The van der Waals surface area contributed by atoms with Gasteiger partial charge in [-0.25, -0.2) is 4.98 Å². The van der Waals surface area contributed by atoms with Gasteiger partial charge in [-0.2, -0.15) is 0 Å². The number of benzene rings is 1. The van der Waals surface area contributed by atoms with Crippen LogP contribution in [0.3, 0.4) is 0 Å². The van der Waals surface area contributed by atoms with E-state index in [-0.39, 0.29) is 0 Å². The molecule has 0 bridgehead atoms. The molecular weight excluding hydrogens is 284 g/mol. The highest BCUT2D eigenvalue weighted by atomic mass is 15.2. The molecule has 1 atom stereocenters. The number of anilines is 1. The van der Waals surface area contributed by atoms with Crippen LogP contribution in [0.2, 0.25) is 0 Å². The third kappa shape index (κ3) is 3.94. The van der Waals surface area contributed by atoms with E-state index in [2.05, 4.69) is 70.6 Å². The standard InChI is InChI=1S/C19H28N4/c1-16(2)23-15-20-11-19(23)14-21(3)12-17-9-10-22(13-17)18-7-5-4-6-8-18/h4-8,11,15-17H,9-10,12-14H2,1-3H3/t17-/m0/s1. The first-order valence-electron chi connectivity index (χ1n) is 8.62. The first-order chi connectivity index (χ1) is 11.1. The molecule has 1 fully saturated rings. The molecule has 2 aromatic rings. The fraction of sp³-hybridized carbons (Fsp3) is 0.526. The zero-order valence-electron chi connectivity index (χ0n) is 14.5. The molecule has 23 heavy (non-hydrogen) atoms. The largest absolute Gasteiger partial charge is 0.371 e. The molecular formula is C19H28N4. The molecule has 0 unspecified atom stereocenters. The summed E-state index contributed by atoms with van der Waals surface area (Å²) in [7, 11) is 2.23. The molecule has 0 saturated carbocycles. The Morgan fingerprint density at radius 2 is 2.04 bits per heavy atom. The van der Waals surface area contributed by atoms with Crippen molar-refractivity contribution in [2.24, 2.45) is 5.92 Å². The summed E-state index contributed by atoms with van der Waals surface area (Å²) in [4.78, 5) is 9.26.